The monoisotopic (exact) mass is 619 g/mol. The summed E-state index contributed by atoms with van der Waals surface area (Å²) in [6.45, 7) is 3.85. The largest absolute Gasteiger partial charge is 0.463 e. The van der Waals surface area contributed by atoms with Gasteiger partial charge in [0.25, 0.3) is 5.91 Å². The molecule has 0 saturated heterocycles. The van der Waals surface area contributed by atoms with Crippen LogP contribution in [0.1, 0.15) is 60.5 Å². The number of hydrogen-bond donors (Lipinski definition) is 3. The van der Waals surface area contributed by atoms with E-state index in [0.29, 0.717) is 36.8 Å². The highest BCUT2D eigenvalue weighted by Crippen LogP contribution is 2.17. The van der Waals surface area contributed by atoms with Crippen molar-refractivity contribution < 1.29 is 29.0 Å². The molecular weight excluding hydrogens is 574 g/mol. The Balaban J connectivity index is 1.52. The molecular formula is C34H45N5O6. The van der Waals surface area contributed by atoms with E-state index in [1.165, 1.54) is 17.7 Å². The molecule has 1 aromatic heterocycles. The number of benzene rings is 2. The summed E-state index contributed by atoms with van der Waals surface area (Å²) in [4.78, 5) is 37.0. The van der Waals surface area contributed by atoms with Crippen molar-refractivity contribution in [1.29, 1.82) is 0 Å². The van der Waals surface area contributed by atoms with E-state index in [2.05, 4.69) is 22.4 Å². The number of aliphatic hydroxyl groups excluding tert-OH is 1. The number of anilines is 2. The lowest BCUT2D eigenvalue weighted by Crippen LogP contribution is -2.34. The molecule has 0 saturated carbocycles. The smallest absolute Gasteiger partial charge is 0.307 e. The summed E-state index contributed by atoms with van der Waals surface area (Å²) < 4.78 is 10.3. The zero-order valence-electron chi connectivity index (χ0n) is 26.0. The third kappa shape index (κ3) is 13.0. The van der Waals surface area contributed by atoms with Gasteiger partial charge in [0.1, 0.15) is 19.0 Å². The molecule has 0 aliphatic heterocycles. The molecule has 0 atom stereocenters. The molecule has 3 rings (SSSR count). The number of aromatic nitrogens is 1. The molecule has 0 unspecified atom stereocenters. The topological polar surface area (TPSA) is 149 Å². The molecule has 2 aromatic carbocycles. The van der Waals surface area contributed by atoms with Crippen LogP contribution in [-0.2, 0) is 25.5 Å². The Kier molecular flexibility index (Phi) is 15.9. The second-order valence-electron chi connectivity index (χ2n) is 10.3. The lowest BCUT2D eigenvalue weighted by atomic mass is 10.1. The highest BCUT2D eigenvalue weighted by Gasteiger charge is 2.20. The number of ether oxygens (including phenoxy) is 2. The molecule has 1 amide bonds. The van der Waals surface area contributed by atoms with E-state index >= 15 is 0 Å². The maximum absolute atomic E-state index is 13.6. The van der Waals surface area contributed by atoms with Gasteiger partial charge in [0.15, 0.2) is 5.84 Å². The Morgan fingerprint density at radius 3 is 2.56 bits per heavy atom. The minimum Gasteiger partial charge on any atom is -0.463 e. The Hall–Kier alpha value is -4.48. The molecule has 0 spiro atoms. The number of carbonyl (C=O) groups is 2. The molecule has 0 aliphatic rings. The maximum atomic E-state index is 13.6. The standard InChI is InChI=1S/C34H45N5O6/c1-2-3-4-7-22-45-38-33(35)28-12-14-30(15-13-28)36-19-16-27-9-8-10-29(26-27)34(42)39(31-11-5-6-18-37-31)20-17-32(41)44-25-24-43-23-21-40/h5-6,8-15,18,26,36,40H,2-4,7,16-17,19-25H2,1H3,(H2,35,38). The zero-order valence-corrected chi connectivity index (χ0v) is 26.0. The fourth-order valence-electron chi connectivity index (χ4n) is 4.38. The van der Waals surface area contributed by atoms with Crippen LogP contribution in [-0.4, -0.2) is 73.9 Å². The number of rotatable bonds is 21. The van der Waals surface area contributed by atoms with Crippen molar-refractivity contribution >= 4 is 29.2 Å². The first-order chi connectivity index (χ1) is 22.0. The predicted octanol–water partition coefficient (Wildman–Crippen LogP) is 4.54. The number of nitrogens with two attached hydrogens (primary N) is 1. The van der Waals surface area contributed by atoms with Gasteiger partial charge in [-0.2, -0.15) is 0 Å². The third-order valence-corrected chi connectivity index (χ3v) is 6.79. The number of amides is 1. The fraction of sp³-hybridized carbons (Fsp3) is 0.412. The van der Waals surface area contributed by atoms with E-state index in [4.69, 9.17) is 25.2 Å². The first-order valence-corrected chi connectivity index (χ1v) is 15.5. The normalized spacial score (nSPS) is 11.2. The average molecular weight is 620 g/mol. The van der Waals surface area contributed by atoms with Crippen LogP contribution < -0.4 is 16.0 Å². The van der Waals surface area contributed by atoms with Gasteiger partial charge in [-0.1, -0.05) is 43.1 Å². The lowest BCUT2D eigenvalue weighted by Gasteiger charge is -2.22. The van der Waals surface area contributed by atoms with Crippen molar-refractivity contribution in [3.63, 3.8) is 0 Å². The van der Waals surface area contributed by atoms with Crippen LogP contribution in [0.15, 0.2) is 78.1 Å². The summed E-state index contributed by atoms with van der Waals surface area (Å²) in [7, 11) is 0. The van der Waals surface area contributed by atoms with Crippen LogP contribution in [0.5, 0.6) is 0 Å². The van der Waals surface area contributed by atoms with Crippen LogP contribution in [0.2, 0.25) is 0 Å². The number of nitrogens with one attached hydrogen (secondary N) is 1. The summed E-state index contributed by atoms with van der Waals surface area (Å²) in [5.74, 6) is 0.0768. The first-order valence-electron chi connectivity index (χ1n) is 15.5. The van der Waals surface area contributed by atoms with Gasteiger partial charge in [0.05, 0.1) is 26.2 Å². The zero-order chi connectivity index (χ0) is 32.1. The summed E-state index contributed by atoms with van der Waals surface area (Å²) in [5, 5.41) is 16.2. The number of amidine groups is 1. The number of unbranched alkanes of at least 4 members (excludes halogenated alkanes) is 3. The molecule has 11 nitrogen and oxygen atoms in total. The van der Waals surface area contributed by atoms with E-state index < -0.39 is 5.97 Å². The number of oxime groups is 1. The molecule has 3 aromatic rings. The summed E-state index contributed by atoms with van der Waals surface area (Å²) >= 11 is 0. The van der Waals surface area contributed by atoms with Crippen molar-refractivity contribution in [3.05, 3.63) is 89.6 Å². The van der Waals surface area contributed by atoms with Crippen molar-refractivity contribution in [2.75, 3.05) is 56.3 Å². The second kappa shape index (κ2) is 20.5. The van der Waals surface area contributed by atoms with Crippen LogP contribution in [0.3, 0.4) is 0 Å². The molecule has 242 valence electrons. The third-order valence-electron chi connectivity index (χ3n) is 6.79. The summed E-state index contributed by atoms with van der Waals surface area (Å²) in [6, 6.07) is 20.4. The maximum Gasteiger partial charge on any atom is 0.307 e. The Morgan fingerprint density at radius 2 is 1.80 bits per heavy atom. The summed E-state index contributed by atoms with van der Waals surface area (Å²) in [6.07, 6.45) is 6.74. The minimum absolute atomic E-state index is 0.00566. The van der Waals surface area contributed by atoms with E-state index in [0.717, 1.165) is 29.7 Å². The van der Waals surface area contributed by atoms with E-state index in [-0.39, 0.29) is 45.3 Å². The van der Waals surface area contributed by atoms with Gasteiger partial charge in [-0.15, -0.1) is 0 Å². The lowest BCUT2D eigenvalue weighted by molar-refractivity contribution is -0.145. The first kappa shape index (κ1) is 35.0. The van der Waals surface area contributed by atoms with Crippen LogP contribution in [0.4, 0.5) is 11.5 Å². The SMILES string of the molecule is CCCCCCON=C(N)c1ccc(NCCc2cccc(C(=O)N(CCC(=O)OCCOCCO)c3ccccn3)c2)cc1. The van der Waals surface area contributed by atoms with Gasteiger partial charge in [-0.05, 0) is 73.4 Å². The number of esters is 1. The van der Waals surface area contributed by atoms with E-state index in [1.807, 2.05) is 42.5 Å². The van der Waals surface area contributed by atoms with Crippen LogP contribution >= 0.6 is 0 Å². The number of pyridine rings is 1. The number of nitrogens with zero attached hydrogens (tertiary/aromatic N) is 3. The number of carbonyl (C=O) groups excluding carboxylic acids is 2. The Labute approximate surface area is 265 Å². The van der Waals surface area contributed by atoms with Crippen molar-refractivity contribution in [2.45, 2.75) is 45.4 Å². The van der Waals surface area contributed by atoms with Gasteiger partial charge in [-0.3, -0.25) is 14.5 Å². The Bertz CT molecular complexity index is 1320. The quantitative estimate of drug-likeness (QED) is 0.0514. The fourth-order valence-corrected chi connectivity index (χ4v) is 4.38. The van der Waals surface area contributed by atoms with Crippen LogP contribution in [0.25, 0.3) is 0 Å². The second-order valence-corrected chi connectivity index (χ2v) is 10.3. The Morgan fingerprint density at radius 1 is 0.956 bits per heavy atom. The molecule has 11 heteroatoms. The molecule has 0 bridgehead atoms. The highest BCUT2D eigenvalue weighted by atomic mass is 16.6. The molecule has 1 heterocycles. The number of hydrogen-bond acceptors (Lipinski definition) is 9. The molecule has 0 aliphatic carbocycles. The van der Waals surface area contributed by atoms with Crippen molar-refractivity contribution in [1.82, 2.24) is 4.98 Å². The molecule has 45 heavy (non-hydrogen) atoms. The van der Waals surface area contributed by atoms with Crippen molar-refractivity contribution in [2.24, 2.45) is 10.9 Å². The predicted molar refractivity (Wildman–Crippen MR) is 175 cm³/mol. The van der Waals surface area contributed by atoms with Gasteiger partial charge < -0.3 is 30.5 Å². The van der Waals surface area contributed by atoms with Gasteiger partial charge in [0.2, 0.25) is 0 Å². The average Bonchev–Trinajstić information content (AvgIpc) is 3.07. The van der Waals surface area contributed by atoms with Gasteiger partial charge in [0, 0.05) is 36.1 Å². The molecule has 0 radical (unpaired) electrons. The molecule has 0 fully saturated rings. The van der Waals surface area contributed by atoms with E-state index in [9.17, 15) is 9.59 Å². The molecule has 4 N–H and O–H groups in total. The number of aliphatic hydroxyl groups is 1. The summed E-state index contributed by atoms with van der Waals surface area (Å²) in [5.41, 5.74) is 9.27. The van der Waals surface area contributed by atoms with Crippen molar-refractivity contribution in [3.8, 4) is 0 Å². The van der Waals surface area contributed by atoms with Crippen LogP contribution in [0, 0.1) is 0 Å². The van der Waals surface area contributed by atoms with E-state index in [1.54, 1.807) is 30.5 Å². The minimum atomic E-state index is -0.453. The van der Waals surface area contributed by atoms with Gasteiger partial charge >= 0.3 is 5.97 Å². The highest BCUT2D eigenvalue weighted by molar-refractivity contribution is 6.06. The van der Waals surface area contributed by atoms with Gasteiger partial charge in [-0.25, -0.2) is 4.98 Å².